The van der Waals surface area contributed by atoms with E-state index in [1.807, 2.05) is 21.1 Å². The Morgan fingerprint density at radius 1 is 0.390 bits per heavy atom. The second kappa shape index (κ2) is 61.2. The summed E-state index contributed by atoms with van der Waals surface area (Å²) in [5.41, 5.74) is 0. The van der Waals surface area contributed by atoms with Crippen molar-refractivity contribution in [3.8, 4) is 0 Å². The first kappa shape index (κ1) is 77.6. The molecule has 0 radical (unpaired) electrons. The van der Waals surface area contributed by atoms with E-state index in [-0.39, 0.29) is 32.0 Å². The van der Waals surface area contributed by atoms with Gasteiger partial charge < -0.3 is 18.9 Å². The molecule has 0 amide bonds. The number of carbonyl (C=O) groups excluding carboxylic acids is 2. The van der Waals surface area contributed by atoms with Crippen LogP contribution in [0.4, 0.5) is 0 Å². The van der Waals surface area contributed by atoms with Gasteiger partial charge in [0, 0.05) is 12.8 Å². The molecule has 0 rings (SSSR count). The maximum Gasteiger partial charge on any atom is 0.472 e. The summed E-state index contributed by atoms with van der Waals surface area (Å²) < 4.78 is 34.6. The zero-order valence-corrected chi connectivity index (χ0v) is 53.6. The van der Waals surface area contributed by atoms with Gasteiger partial charge in [-0.15, -0.1) is 0 Å². The summed E-state index contributed by atoms with van der Waals surface area (Å²) in [4.78, 5) is 35.8. The van der Waals surface area contributed by atoms with Gasteiger partial charge >= 0.3 is 19.8 Å². The van der Waals surface area contributed by atoms with Gasteiger partial charge in [-0.1, -0.05) is 249 Å². The molecule has 9 nitrogen and oxygen atoms in total. The quantitative estimate of drug-likeness (QED) is 0.0211. The molecular weight excluding hydrogens is 1040 g/mol. The third-order valence-electron chi connectivity index (χ3n) is 13.0. The molecule has 464 valence electrons. The molecule has 0 spiro atoms. The first-order valence-electron chi connectivity index (χ1n) is 32.2. The third kappa shape index (κ3) is 64.8. The molecule has 1 N–H and O–H groups in total. The lowest BCUT2D eigenvalue weighted by Crippen LogP contribution is -2.37. The van der Waals surface area contributed by atoms with Crippen molar-refractivity contribution in [3.05, 3.63) is 158 Å². The van der Waals surface area contributed by atoms with E-state index in [4.69, 9.17) is 18.5 Å². The fourth-order valence-corrected chi connectivity index (χ4v) is 8.85. The molecule has 2 atom stereocenters. The average Bonchev–Trinajstić information content (AvgIpc) is 3.46. The number of carbonyl (C=O) groups is 2. The van der Waals surface area contributed by atoms with Crippen molar-refractivity contribution in [2.45, 2.75) is 238 Å². The zero-order chi connectivity index (χ0) is 59.8. The molecule has 0 aromatic rings. The van der Waals surface area contributed by atoms with E-state index >= 15 is 0 Å². The highest BCUT2D eigenvalue weighted by molar-refractivity contribution is 7.47. The van der Waals surface area contributed by atoms with E-state index < -0.39 is 26.5 Å². The van der Waals surface area contributed by atoms with Crippen LogP contribution < -0.4 is 0 Å². The maximum absolute atomic E-state index is 12.8. The summed E-state index contributed by atoms with van der Waals surface area (Å²) in [6.07, 6.45) is 91.8. The smallest absolute Gasteiger partial charge is 0.462 e. The molecular formula is C72H119NO8P+. The van der Waals surface area contributed by atoms with E-state index in [2.05, 4.69) is 172 Å². The third-order valence-corrected chi connectivity index (χ3v) is 14.0. The number of esters is 2. The number of phosphoric ester groups is 1. The van der Waals surface area contributed by atoms with E-state index in [1.165, 1.54) is 44.9 Å². The lowest BCUT2D eigenvalue weighted by Gasteiger charge is -2.24. The first-order chi connectivity index (χ1) is 40.0. The van der Waals surface area contributed by atoms with Crippen molar-refractivity contribution < 1.29 is 42.1 Å². The van der Waals surface area contributed by atoms with Crippen LogP contribution in [0.25, 0.3) is 0 Å². The minimum Gasteiger partial charge on any atom is -0.462 e. The van der Waals surface area contributed by atoms with Crippen LogP contribution in [0.2, 0.25) is 0 Å². The topological polar surface area (TPSA) is 108 Å². The number of phosphoric acid groups is 1. The predicted molar refractivity (Wildman–Crippen MR) is 353 cm³/mol. The van der Waals surface area contributed by atoms with Gasteiger partial charge in [-0.2, -0.15) is 0 Å². The van der Waals surface area contributed by atoms with Crippen molar-refractivity contribution in [1.29, 1.82) is 0 Å². The number of likely N-dealkylation sites (N-methyl/N-ethyl adjacent to an activating group) is 1. The Kier molecular flexibility index (Phi) is 57.9. The monoisotopic (exact) mass is 1160 g/mol. The van der Waals surface area contributed by atoms with Crippen molar-refractivity contribution >= 4 is 19.8 Å². The Morgan fingerprint density at radius 3 is 1.04 bits per heavy atom. The first-order valence-corrected chi connectivity index (χ1v) is 33.7. The molecule has 2 unspecified atom stereocenters. The zero-order valence-electron chi connectivity index (χ0n) is 52.7. The SMILES string of the molecule is CC/C=C\C/C=C\C/C=C\C/C=C\C/C=C\C/C=C\C/C=C\C/C=C\C/C=C\C/C=C\CCCCCCCCC(=O)OC(COC(=O)CCCCCCCC/C=C\C/C=C\C/C=C\CCCCCCC)COP(=O)(O)OCC[N+](C)(C)C. The summed E-state index contributed by atoms with van der Waals surface area (Å²) in [7, 11) is 1.44. The Labute approximate surface area is 503 Å². The van der Waals surface area contributed by atoms with E-state index in [0.717, 1.165) is 148 Å². The average molecular weight is 1160 g/mol. The van der Waals surface area contributed by atoms with Gasteiger partial charge in [0.25, 0.3) is 0 Å². The number of hydrogen-bond acceptors (Lipinski definition) is 7. The molecule has 0 heterocycles. The van der Waals surface area contributed by atoms with Crippen molar-refractivity contribution in [2.75, 3.05) is 47.5 Å². The second-order valence-electron chi connectivity index (χ2n) is 22.1. The van der Waals surface area contributed by atoms with Crippen molar-refractivity contribution in [1.82, 2.24) is 0 Å². The minimum atomic E-state index is -4.41. The molecule has 0 aliphatic rings. The highest BCUT2D eigenvalue weighted by Crippen LogP contribution is 2.43. The van der Waals surface area contributed by atoms with Crippen LogP contribution in [-0.2, 0) is 32.7 Å². The number of rotatable bonds is 57. The maximum atomic E-state index is 12.8. The van der Waals surface area contributed by atoms with Crippen molar-refractivity contribution in [3.63, 3.8) is 0 Å². The number of ether oxygens (including phenoxy) is 2. The van der Waals surface area contributed by atoms with Crippen LogP contribution >= 0.6 is 7.82 Å². The Morgan fingerprint density at radius 2 is 0.695 bits per heavy atom. The van der Waals surface area contributed by atoms with Crippen LogP contribution in [-0.4, -0.2) is 74.9 Å². The van der Waals surface area contributed by atoms with Crippen LogP contribution in [0.5, 0.6) is 0 Å². The van der Waals surface area contributed by atoms with E-state index in [9.17, 15) is 19.0 Å². The van der Waals surface area contributed by atoms with Gasteiger partial charge in [-0.05, 0) is 128 Å². The molecule has 10 heteroatoms. The van der Waals surface area contributed by atoms with Gasteiger partial charge in [0.05, 0.1) is 27.7 Å². The number of quaternary nitrogens is 1. The molecule has 0 aliphatic heterocycles. The van der Waals surface area contributed by atoms with Gasteiger partial charge in [0.15, 0.2) is 6.10 Å². The number of unbranched alkanes of at least 4 members (excludes halogenated alkanes) is 17. The van der Waals surface area contributed by atoms with Gasteiger partial charge in [0.2, 0.25) is 0 Å². The normalized spacial score (nSPS) is 14.3. The van der Waals surface area contributed by atoms with Gasteiger partial charge in [0.1, 0.15) is 19.8 Å². The fourth-order valence-electron chi connectivity index (χ4n) is 8.11. The highest BCUT2D eigenvalue weighted by Gasteiger charge is 2.27. The lowest BCUT2D eigenvalue weighted by atomic mass is 10.1. The van der Waals surface area contributed by atoms with E-state index in [0.29, 0.717) is 23.9 Å². The second-order valence-corrected chi connectivity index (χ2v) is 23.5. The predicted octanol–water partition coefficient (Wildman–Crippen LogP) is 20.8. The summed E-state index contributed by atoms with van der Waals surface area (Å²) in [5.74, 6) is -0.840. The van der Waals surface area contributed by atoms with Crippen LogP contribution in [0, 0.1) is 0 Å². The molecule has 0 saturated heterocycles. The van der Waals surface area contributed by atoms with Gasteiger partial charge in [-0.3, -0.25) is 18.6 Å². The van der Waals surface area contributed by atoms with E-state index in [1.54, 1.807) is 0 Å². The van der Waals surface area contributed by atoms with Crippen LogP contribution in [0.15, 0.2) is 158 Å². The minimum absolute atomic E-state index is 0.0174. The molecule has 0 bridgehead atoms. The largest absolute Gasteiger partial charge is 0.472 e. The Bertz CT molecular complexity index is 1940. The molecule has 0 fully saturated rings. The lowest BCUT2D eigenvalue weighted by molar-refractivity contribution is -0.870. The van der Waals surface area contributed by atoms with Crippen LogP contribution in [0.3, 0.4) is 0 Å². The standard InChI is InChI=1S/C72H118NO8P/c1-6-8-10-12-14-16-18-20-22-24-26-28-29-30-31-32-33-34-35-36-37-38-39-40-41-42-43-45-47-49-51-53-55-57-59-61-63-65-72(75)81-70(69-80-82(76,77)79-67-66-73(3,4)5)68-78-71(74)64-62-60-58-56-54-52-50-48-46-44-27-25-23-21-19-17-15-13-11-9-7-2/h8,10,14,16,19-22,25-28,30-31,33-34,36-37,39-40,42-43,46-49,70H,6-7,9,11-13,15,17-18,23-24,29,32,35,38,41,44-45,50-69H2,1-5H3/p+1/b10-8-,16-14-,21-19-,22-20-,27-25-,28-26-,31-30-,34-33-,37-36-,40-39-,43-42-,48-46-,49-47-. The molecule has 0 aliphatic carbocycles. The van der Waals surface area contributed by atoms with Crippen LogP contribution in [0.1, 0.15) is 232 Å². The number of allylic oxidation sites excluding steroid dienone is 26. The number of hydrogen-bond donors (Lipinski definition) is 1. The molecule has 0 saturated carbocycles. The number of nitrogens with zero attached hydrogens (tertiary/aromatic N) is 1. The van der Waals surface area contributed by atoms with Gasteiger partial charge in [-0.25, -0.2) is 4.57 Å². The van der Waals surface area contributed by atoms with Crippen molar-refractivity contribution in [2.24, 2.45) is 0 Å². The molecule has 0 aromatic heterocycles. The summed E-state index contributed by atoms with van der Waals surface area (Å²) in [6, 6.07) is 0. The Hall–Kier alpha value is -4.37. The molecule has 0 aromatic carbocycles. The Balaban J connectivity index is 4.22. The fraction of sp³-hybridized carbons (Fsp3) is 0.611. The summed E-state index contributed by atoms with van der Waals surface area (Å²) >= 11 is 0. The summed E-state index contributed by atoms with van der Waals surface area (Å²) in [5, 5.41) is 0. The summed E-state index contributed by atoms with van der Waals surface area (Å²) in [6.45, 7) is 4.26. The molecule has 82 heavy (non-hydrogen) atoms. The highest BCUT2D eigenvalue weighted by atomic mass is 31.2.